The van der Waals surface area contributed by atoms with Crippen LogP contribution in [0.2, 0.25) is 0 Å². The molecule has 0 unspecified atom stereocenters. The van der Waals surface area contributed by atoms with Gasteiger partial charge >= 0.3 is 10.2 Å². The fourth-order valence-corrected chi connectivity index (χ4v) is 1.83. The lowest BCUT2D eigenvalue weighted by atomic mass is 10.2. The molecule has 1 aromatic rings. The van der Waals surface area contributed by atoms with Gasteiger partial charge in [0.1, 0.15) is 10.7 Å². The van der Waals surface area contributed by atoms with Crippen LogP contribution in [-0.4, -0.2) is 0 Å². The highest BCUT2D eigenvalue weighted by molar-refractivity contribution is 8.45. The smallest absolute Gasteiger partial charge is 0.205 e. The zero-order valence-electron chi connectivity index (χ0n) is 7.62. The van der Waals surface area contributed by atoms with Crippen LogP contribution in [0.1, 0.15) is 12.5 Å². The van der Waals surface area contributed by atoms with Crippen molar-refractivity contribution in [2.45, 2.75) is 18.2 Å². The van der Waals surface area contributed by atoms with Gasteiger partial charge in [0, 0.05) is 0 Å². The number of rotatable bonds is 2. The summed E-state index contributed by atoms with van der Waals surface area (Å²) in [6.45, 7) is 1.58. The average Bonchev–Trinajstić information content (AvgIpc) is 1.99. The minimum atomic E-state index is -9.89. The van der Waals surface area contributed by atoms with Gasteiger partial charge in [-0.25, -0.2) is 4.39 Å². The molecule has 0 atom stereocenters. The van der Waals surface area contributed by atoms with Crippen molar-refractivity contribution in [3.63, 3.8) is 0 Å². The number of hydrogen-bond donors (Lipinski definition) is 0. The van der Waals surface area contributed by atoms with Gasteiger partial charge in [0.05, 0.1) is 0 Å². The third-order valence-electron chi connectivity index (χ3n) is 1.82. The van der Waals surface area contributed by atoms with Crippen molar-refractivity contribution in [3.05, 3.63) is 29.6 Å². The van der Waals surface area contributed by atoms with E-state index in [1.54, 1.807) is 6.92 Å². The van der Waals surface area contributed by atoms with Crippen LogP contribution in [0.25, 0.3) is 0 Å². The van der Waals surface area contributed by atoms with Crippen LogP contribution in [0.3, 0.4) is 0 Å². The predicted molar refractivity (Wildman–Crippen MR) is 47.2 cm³/mol. The summed E-state index contributed by atoms with van der Waals surface area (Å²) in [6, 6.07) is 1.42. The molecule has 0 spiro atoms. The summed E-state index contributed by atoms with van der Waals surface area (Å²) in [5.74, 6) is -1.92. The van der Waals surface area contributed by atoms with Crippen molar-refractivity contribution in [2.75, 3.05) is 0 Å². The van der Waals surface area contributed by atoms with Crippen molar-refractivity contribution in [2.24, 2.45) is 0 Å². The molecule has 0 nitrogen and oxygen atoms in total. The largest absolute Gasteiger partial charge is 0.313 e. The van der Waals surface area contributed by atoms with Crippen LogP contribution < -0.4 is 0 Å². The van der Waals surface area contributed by atoms with Gasteiger partial charge in [-0.05, 0) is 24.1 Å². The molecule has 0 amide bonds. The second-order valence-electron chi connectivity index (χ2n) is 3.09. The minimum Gasteiger partial charge on any atom is -0.205 e. The lowest BCUT2D eigenvalue weighted by Gasteiger charge is -2.40. The van der Waals surface area contributed by atoms with Gasteiger partial charge in [0.2, 0.25) is 0 Å². The number of halogens is 6. The van der Waals surface area contributed by atoms with Crippen LogP contribution in [0.15, 0.2) is 23.1 Å². The Labute approximate surface area is 82.6 Å². The van der Waals surface area contributed by atoms with E-state index in [9.17, 15) is 23.8 Å². The molecule has 0 heterocycles. The van der Waals surface area contributed by atoms with Crippen molar-refractivity contribution in [3.8, 4) is 0 Å². The quantitative estimate of drug-likeness (QED) is 0.644. The Balaban J connectivity index is 3.43. The summed E-state index contributed by atoms with van der Waals surface area (Å²) < 4.78 is 73.9. The van der Waals surface area contributed by atoms with Gasteiger partial charge in [-0.2, -0.15) is 0 Å². The number of hydrogen-bond acceptors (Lipinski definition) is 0. The Bertz CT molecular complexity index is 392. The molecule has 0 fully saturated rings. The standard InChI is InChI=1S/C8H8F6S/c1-2-6-3-4-8(7(9)5-6)15(10,11,12,13)14/h3-5H,2H2,1H3. The van der Waals surface area contributed by atoms with Crippen LogP contribution in [0, 0.1) is 5.82 Å². The molecule has 7 heteroatoms. The van der Waals surface area contributed by atoms with Gasteiger partial charge in [0.25, 0.3) is 0 Å². The highest BCUT2D eigenvalue weighted by Crippen LogP contribution is 3.02. The molecule has 0 saturated carbocycles. The highest BCUT2D eigenvalue weighted by Gasteiger charge is 2.67. The molecule has 1 rings (SSSR count). The van der Waals surface area contributed by atoms with Crippen LogP contribution in [0.5, 0.6) is 0 Å². The zero-order chi connectivity index (χ0) is 12.0. The summed E-state index contributed by atoms with van der Waals surface area (Å²) in [4.78, 5) is -2.45. The lowest BCUT2D eigenvalue weighted by Crippen LogP contribution is -2.08. The molecule has 0 saturated heterocycles. The molecule has 0 radical (unpaired) electrons. The van der Waals surface area contributed by atoms with E-state index in [1.165, 1.54) is 0 Å². The zero-order valence-corrected chi connectivity index (χ0v) is 8.43. The Morgan fingerprint density at radius 2 is 1.60 bits per heavy atom. The summed E-state index contributed by atoms with van der Waals surface area (Å²) in [6.07, 6.45) is 0.275. The fraction of sp³-hybridized carbons (Fsp3) is 0.250. The predicted octanol–water partition coefficient (Wildman–Crippen LogP) is 5.05. The third-order valence-corrected chi connectivity index (χ3v) is 2.98. The Morgan fingerprint density at radius 3 is 1.93 bits per heavy atom. The normalized spacial score (nSPS) is 17.0. The number of benzene rings is 1. The first kappa shape index (κ1) is 12.2. The van der Waals surface area contributed by atoms with Gasteiger partial charge in [0.15, 0.2) is 0 Å². The third kappa shape index (κ3) is 2.80. The molecule has 0 aliphatic carbocycles. The van der Waals surface area contributed by atoms with Crippen LogP contribution in [-0.2, 0) is 6.42 Å². The average molecular weight is 250 g/mol. The second kappa shape index (κ2) is 2.63. The minimum absolute atomic E-state index is 0.0930. The molecule has 0 aliphatic heterocycles. The molecular weight excluding hydrogens is 242 g/mol. The molecule has 0 aromatic heterocycles. The maximum atomic E-state index is 12.9. The molecule has 15 heavy (non-hydrogen) atoms. The second-order valence-corrected chi connectivity index (χ2v) is 5.47. The van der Waals surface area contributed by atoms with Crippen molar-refractivity contribution < 1.29 is 23.8 Å². The Morgan fingerprint density at radius 1 is 1.07 bits per heavy atom. The van der Waals surface area contributed by atoms with Gasteiger partial charge in [-0.3, -0.25) is 0 Å². The van der Waals surface area contributed by atoms with E-state index in [-0.39, 0.29) is 18.1 Å². The van der Waals surface area contributed by atoms with Gasteiger partial charge in [-0.15, -0.1) is 0 Å². The molecule has 1 aromatic carbocycles. The van der Waals surface area contributed by atoms with E-state index in [1.807, 2.05) is 0 Å². The van der Waals surface area contributed by atoms with E-state index in [0.717, 1.165) is 6.07 Å². The van der Waals surface area contributed by atoms with E-state index < -0.39 is 20.9 Å². The van der Waals surface area contributed by atoms with E-state index >= 15 is 0 Å². The van der Waals surface area contributed by atoms with Crippen molar-refractivity contribution in [1.82, 2.24) is 0 Å². The molecular formula is C8H8F6S. The summed E-state index contributed by atoms with van der Waals surface area (Å²) in [7, 11) is -9.89. The Kier molecular flexibility index (Phi) is 2.15. The van der Waals surface area contributed by atoms with Crippen molar-refractivity contribution in [1.29, 1.82) is 0 Å². The van der Waals surface area contributed by atoms with Crippen molar-refractivity contribution >= 4 is 10.2 Å². The van der Waals surface area contributed by atoms with E-state index in [2.05, 4.69) is 0 Å². The highest BCUT2D eigenvalue weighted by atomic mass is 32.5. The number of aryl methyl sites for hydroxylation is 1. The lowest BCUT2D eigenvalue weighted by molar-refractivity contribution is 0.355. The first-order valence-corrected chi connectivity index (χ1v) is 5.91. The van der Waals surface area contributed by atoms with E-state index in [4.69, 9.17) is 0 Å². The summed E-state index contributed by atoms with van der Waals surface area (Å²) >= 11 is 0. The molecule has 0 N–H and O–H groups in total. The maximum absolute atomic E-state index is 12.9. The topological polar surface area (TPSA) is 0 Å². The monoisotopic (exact) mass is 250 g/mol. The summed E-state index contributed by atoms with van der Waals surface area (Å²) in [5, 5.41) is 0. The van der Waals surface area contributed by atoms with Gasteiger partial charge < -0.3 is 0 Å². The van der Waals surface area contributed by atoms with E-state index in [0.29, 0.717) is 6.07 Å². The fourth-order valence-electron chi connectivity index (χ4n) is 1.08. The maximum Gasteiger partial charge on any atom is 0.313 e. The Hall–Kier alpha value is -0.850. The molecule has 0 aliphatic rings. The molecule has 88 valence electrons. The van der Waals surface area contributed by atoms with Crippen LogP contribution >= 0.6 is 10.2 Å². The SMILES string of the molecule is CCc1ccc(S(F)(F)(F)(F)F)c(F)c1. The first-order valence-electron chi connectivity index (χ1n) is 3.96. The van der Waals surface area contributed by atoms with Gasteiger partial charge in [-0.1, -0.05) is 32.4 Å². The molecule has 0 bridgehead atoms. The van der Waals surface area contributed by atoms with Crippen LogP contribution in [0.4, 0.5) is 23.8 Å². The summed E-state index contributed by atoms with van der Waals surface area (Å²) in [5.41, 5.74) is 0.234. The first-order chi connectivity index (χ1) is 6.44.